The van der Waals surface area contributed by atoms with Gasteiger partial charge < -0.3 is 0 Å². The molecule has 0 N–H and O–H groups in total. The van der Waals surface area contributed by atoms with Crippen LogP contribution in [0.5, 0.6) is 0 Å². The highest BCUT2D eigenvalue weighted by molar-refractivity contribution is 5.68. The van der Waals surface area contributed by atoms with Gasteiger partial charge in [0.25, 0.3) is 0 Å². The number of hydrogen-bond donors (Lipinski definition) is 0. The minimum Gasteiger partial charge on any atom is -0.256 e. The smallest absolute Gasteiger partial charge is 0.126 e. The molecule has 1 nitrogen and oxygen atoms in total. The Morgan fingerprint density at radius 3 is 2.19 bits per heavy atom. The molecular formula is C14H14FN. The SMILES string of the molecule is Cc1cc(C)c(-c2cc(F)ccn2)c(C)c1. The lowest BCUT2D eigenvalue weighted by atomic mass is 9.97. The summed E-state index contributed by atoms with van der Waals surface area (Å²) in [5.74, 6) is -0.246. The molecule has 0 spiro atoms. The normalized spacial score (nSPS) is 10.5. The molecule has 0 aliphatic carbocycles. The molecule has 2 heteroatoms. The van der Waals surface area contributed by atoms with Crippen molar-refractivity contribution >= 4 is 0 Å². The van der Waals surface area contributed by atoms with Crippen LogP contribution in [0.2, 0.25) is 0 Å². The van der Waals surface area contributed by atoms with Gasteiger partial charge in [0.05, 0.1) is 5.69 Å². The van der Waals surface area contributed by atoms with Gasteiger partial charge in [-0.05, 0) is 38.0 Å². The van der Waals surface area contributed by atoms with Crippen molar-refractivity contribution in [1.29, 1.82) is 0 Å². The van der Waals surface area contributed by atoms with E-state index < -0.39 is 0 Å². The molecule has 0 amide bonds. The number of nitrogens with zero attached hydrogens (tertiary/aromatic N) is 1. The topological polar surface area (TPSA) is 12.9 Å². The number of aromatic nitrogens is 1. The maximum atomic E-state index is 13.2. The molecule has 2 aromatic rings. The molecule has 1 heterocycles. The number of hydrogen-bond acceptors (Lipinski definition) is 1. The summed E-state index contributed by atoms with van der Waals surface area (Å²) in [6.07, 6.45) is 1.50. The number of halogens is 1. The molecule has 0 unspecified atom stereocenters. The summed E-state index contributed by atoms with van der Waals surface area (Å²) < 4.78 is 13.2. The van der Waals surface area contributed by atoms with Gasteiger partial charge >= 0.3 is 0 Å². The lowest BCUT2D eigenvalue weighted by Crippen LogP contribution is -1.93. The molecule has 1 aromatic carbocycles. The van der Waals surface area contributed by atoms with E-state index in [1.54, 1.807) is 0 Å². The van der Waals surface area contributed by atoms with Crippen molar-refractivity contribution in [3.63, 3.8) is 0 Å². The number of benzene rings is 1. The van der Waals surface area contributed by atoms with E-state index in [4.69, 9.17) is 0 Å². The van der Waals surface area contributed by atoms with Crippen LogP contribution in [0.3, 0.4) is 0 Å². The average Bonchev–Trinajstić information content (AvgIpc) is 2.15. The predicted molar refractivity (Wildman–Crippen MR) is 63.8 cm³/mol. The van der Waals surface area contributed by atoms with Crippen LogP contribution in [0.25, 0.3) is 11.3 Å². The zero-order chi connectivity index (χ0) is 11.7. The summed E-state index contributed by atoms with van der Waals surface area (Å²) in [5.41, 5.74) is 5.22. The van der Waals surface area contributed by atoms with Crippen LogP contribution >= 0.6 is 0 Å². The molecular weight excluding hydrogens is 201 g/mol. The number of pyridine rings is 1. The molecule has 2 rings (SSSR count). The predicted octanol–water partition coefficient (Wildman–Crippen LogP) is 3.81. The Labute approximate surface area is 95.0 Å². The molecule has 0 saturated carbocycles. The molecule has 0 fully saturated rings. The first-order chi connectivity index (χ1) is 7.58. The van der Waals surface area contributed by atoms with Gasteiger partial charge in [0, 0.05) is 17.8 Å². The second kappa shape index (κ2) is 4.05. The summed E-state index contributed by atoms with van der Waals surface area (Å²) in [4.78, 5) is 4.22. The van der Waals surface area contributed by atoms with Crippen LogP contribution in [0.1, 0.15) is 16.7 Å². The third-order valence-corrected chi connectivity index (χ3v) is 2.66. The fraction of sp³-hybridized carbons (Fsp3) is 0.214. The molecule has 0 aliphatic heterocycles. The third kappa shape index (κ3) is 1.96. The molecule has 0 aliphatic rings. The van der Waals surface area contributed by atoms with Gasteiger partial charge in [-0.25, -0.2) is 4.39 Å². The first kappa shape index (κ1) is 10.8. The highest BCUT2D eigenvalue weighted by atomic mass is 19.1. The Balaban J connectivity index is 2.64. The molecule has 82 valence electrons. The first-order valence-corrected chi connectivity index (χ1v) is 5.27. The van der Waals surface area contributed by atoms with Crippen LogP contribution in [0.4, 0.5) is 4.39 Å². The maximum absolute atomic E-state index is 13.2. The van der Waals surface area contributed by atoms with Crippen LogP contribution in [-0.2, 0) is 0 Å². The lowest BCUT2D eigenvalue weighted by molar-refractivity contribution is 0.626. The van der Waals surface area contributed by atoms with Gasteiger partial charge in [-0.1, -0.05) is 17.7 Å². The van der Waals surface area contributed by atoms with E-state index in [0.29, 0.717) is 5.69 Å². The molecule has 16 heavy (non-hydrogen) atoms. The highest BCUT2D eigenvalue weighted by Crippen LogP contribution is 2.26. The zero-order valence-corrected chi connectivity index (χ0v) is 9.71. The maximum Gasteiger partial charge on any atom is 0.126 e. The second-order valence-corrected chi connectivity index (χ2v) is 4.13. The minimum atomic E-state index is -0.246. The fourth-order valence-electron chi connectivity index (χ4n) is 2.13. The van der Waals surface area contributed by atoms with Crippen molar-refractivity contribution in [2.45, 2.75) is 20.8 Å². The summed E-state index contributed by atoms with van der Waals surface area (Å²) in [7, 11) is 0. The van der Waals surface area contributed by atoms with Crippen LogP contribution in [0, 0.1) is 26.6 Å². The van der Waals surface area contributed by atoms with E-state index in [2.05, 4.69) is 24.0 Å². The van der Waals surface area contributed by atoms with Gasteiger partial charge in [-0.2, -0.15) is 0 Å². The molecule has 0 bridgehead atoms. The van der Waals surface area contributed by atoms with E-state index in [0.717, 1.165) is 16.7 Å². The average molecular weight is 215 g/mol. The van der Waals surface area contributed by atoms with Crippen LogP contribution < -0.4 is 0 Å². The molecule has 0 saturated heterocycles. The molecule has 1 aromatic heterocycles. The van der Waals surface area contributed by atoms with Crippen molar-refractivity contribution in [1.82, 2.24) is 4.98 Å². The van der Waals surface area contributed by atoms with Crippen molar-refractivity contribution in [3.8, 4) is 11.3 Å². The number of rotatable bonds is 1. The van der Waals surface area contributed by atoms with E-state index in [-0.39, 0.29) is 5.82 Å². The summed E-state index contributed by atoms with van der Waals surface area (Å²) in [5, 5.41) is 0. The quantitative estimate of drug-likeness (QED) is 0.704. The van der Waals surface area contributed by atoms with Gasteiger partial charge in [-0.15, -0.1) is 0 Å². The van der Waals surface area contributed by atoms with Crippen LogP contribution in [0.15, 0.2) is 30.5 Å². The van der Waals surface area contributed by atoms with Gasteiger partial charge in [0.1, 0.15) is 5.82 Å². The summed E-state index contributed by atoms with van der Waals surface area (Å²) >= 11 is 0. The second-order valence-electron chi connectivity index (χ2n) is 4.13. The van der Waals surface area contributed by atoms with E-state index in [9.17, 15) is 4.39 Å². The van der Waals surface area contributed by atoms with Gasteiger partial charge in [-0.3, -0.25) is 4.98 Å². The molecule has 0 radical (unpaired) electrons. The molecule has 0 atom stereocenters. The monoisotopic (exact) mass is 215 g/mol. The van der Waals surface area contributed by atoms with Gasteiger partial charge in [0.2, 0.25) is 0 Å². The Hall–Kier alpha value is -1.70. The van der Waals surface area contributed by atoms with Crippen molar-refractivity contribution in [2.75, 3.05) is 0 Å². The zero-order valence-electron chi connectivity index (χ0n) is 9.71. The minimum absolute atomic E-state index is 0.246. The number of aryl methyl sites for hydroxylation is 3. The lowest BCUT2D eigenvalue weighted by Gasteiger charge is -2.10. The van der Waals surface area contributed by atoms with E-state index in [1.807, 2.05) is 13.8 Å². The van der Waals surface area contributed by atoms with Crippen molar-refractivity contribution < 1.29 is 4.39 Å². The summed E-state index contributed by atoms with van der Waals surface area (Å²) in [6, 6.07) is 7.02. The van der Waals surface area contributed by atoms with Crippen molar-refractivity contribution in [2.24, 2.45) is 0 Å². The van der Waals surface area contributed by atoms with E-state index >= 15 is 0 Å². The van der Waals surface area contributed by atoms with Crippen molar-refractivity contribution in [3.05, 3.63) is 53.0 Å². The Kier molecular flexibility index (Phi) is 2.73. The fourth-order valence-corrected chi connectivity index (χ4v) is 2.13. The van der Waals surface area contributed by atoms with Gasteiger partial charge in [0.15, 0.2) is 0 Å². The Morgan fingerprint density at radius 1 is 1.00 bits per heavy atom. The first-order valence-electron chi connectivity index (χ1n) is 5.27. The third-order valence-electron chi connectivity index (χ3n) is 2.66. The highest BCUT2D eigenvalue weighted by Gasteiger charge is 2.08. The Morgan fingerprint density at radius 2 is 1.62 bits per heavy atom. The largest absolute Gasteiger partial charge is 0.256 e. The van der Waals surface area contributed by atoms with Crippen LogP contribution in [-0.4, -0.2) is 4.98 Å². The standard InChI is InChI=1S/C14H14FN/c1-9-6-10(2)14(11(3)7-9)13-8-12(15)4-5-16-13/h4-8H,1-3H3. The Bertz CT molecular complexity index is 509. The van der Waals surface area contributed by atoms with E-state index in [1.165, 1.54) is 23.9 Å². The summed E-state index contributed by atoms with van der Waals surface area (Å²) in [6.45, 7) is 6.12.